The quantitative estimate of drug-likeness (QED) is 0.755. The van der Waals surface area contributed by atoms with Gasteiger partial charge in [-0.05, 0) is 12.5 Å². The lowest BCUT2D eigenvalue weighted by Gasteiger charge is -2.18. The molecule has 2 atom stereocenters. The van der Waals surface area contributed by atoms with Crippen molar-refractivity contribution in [2.75, 3.05) is 19.5 Å². The van der Waals surface area contributed by atoms with Crippen molar-refractivity contribution in [3.05, 3.63) is 35.9 Å². The Morgan fingerprint density at radius 3 is 2.53 bits per heavy atom. The molecule has 0 amide bonds. The maximum atomic E-state index is 5.93. The number of halogens is 1. The maximum Gasteiger partial charge on any atom is 0.0667 e. The standard InChI is InChI=1S/C12H18ClNO/c1-10(15-2)9-14-12(8-13)11-6-4-3-5-7-11/h3-7,10,12,14H,8-9H2,1-2H3. The Hall–Kier alpha value is -0.570. The molecule has 1 aromatic carbocycles. The zero-order valence-electron chi connectivity index (χ0n) is 9.24. The Labute approximate surface area is 96.6 Å². The van der Waals surface area contributed by atoms with Crippen LogP contribution in [0.4, 0.5) is 0 Å². The van der Waals surface area contributed by atoms with Crippen molar-refractivity contribution in [2.45, 2.75) is 19.1 Å². The first kappa shape index (κ1) is 12.5. The van der Waals surface area contributed by atoms with E-state index in [1.807, 2.05) is 25.1 Å². The maximum absolute atomic E-state index is 5.93. The summed E-state index contributed by atoms with van der Waals surface area (Å²) >= 11 is 5.93. The van der Waals surface area contributed by atoms with Crippen molar-refractivity contribution < 1.29 is 4.74 Å². The van der Waals surface area contributed by atoms with Gasteiger partial charge in [0.1, 0.15) is 0 Å². The van der Waals surface area contributed by atoms with Crippen molar-refractivity contribution in [3.63, 3.8) is 0 Å². The second kappa shape index (κ2) is 6.83. The molecule has 0 bridgehead atoms. The predicted molar refractivity (Wildman–Crippen MR) is 64.4 cm³/mol. The van der Waals surface area contributed by atoms with Gasteiger partial charge < -0.3 is 10.1 Å². The van der Waals surface area contributed by atoms with Crippen molar-refractivity contribution in [2.24, 2.45) is 0 Å². The summed E-state index contributed by atoms with van der Waals surface area (Å²) in [7, 11) is 1.71. The largest absolute Gasteiger partial charge is 0.380 e. The van der Waals surface area contributed by atoms with Crippen LogP contribution < -0.4 is 5.32 Å². The molecule has 15 heavy (non-hydrogen) atoms. The molecule has 1 rings (SSSR count). The summed E-state index contributed by atoms with van der Waals surface area (Å²) in [4.78, 5) is 0. The van der Waals surface area contributed by atoms with Gasteiger partial charge in [0.2, 0.25) is 0 Å². The fourth-order valence-electron chi connectivity index (χ4n) is 1.34. The Balaban J connectivity index is 2.50. The second-order valence-electron chi connectivity index (χ2n) is 3.57. The number of ether oxygens (including phenoxy) is 1. The van der Waals surface area contributed by atoms with Gasteiger partial charge in [-0.15, -0.1) is 11.6 Å². The number of hydrogen-bond acceptors (Lipinski definition) is 2. The molecule has 2 nitrogen and oxygen atoms in total. The van der Waals surface area contributed by atoms with Crippen LogP contribution in [0.3, 0.4) is 0 Å². The van der Waals surface area contributed by atoms with E-state index in [1.165, 1.54) is 5.56 Å². The van der Waals surface area contributed by atoms with Crippen LogP contribution in [0, 0.1) is 0 Å². The third-order valence-electron chi connectivity index (χ3n) is 2.41. The summed E-state index contributed by atoms with van der Waals surface area (Å²) in [5.41, 5.74) is 1.22. The molecular formula is C12H18ClNO. The molecule has 0 heterocycles. The summed E-state index contributed by atoms with van der Waals surface area (Å²) in [5.74, 6) is 0.570. The van der Waals surface area contributed by atoms with Crippen LogP contribution in [0.1, 0.15) is 18.5 Å². The molecule has 2 unspecified atom stereocenters. The predicted octanol–water partition coefficient (Wildman–Crippen LogP) is 2.59. The minimum atomic E-state index is 0.200. The van der Waals surface area contributed by atoms with Crippen molar-refractivity contribution in [1.29, 1.82) is 0 Å². The van der Waals surface area contributed by atoms with Crippen LogP contribution in [-0.4, -0.2) is 25.6 Å². The van der Waals surface area contributed by atoms with Crippen molar-refractivity contribution >= 4 is 11.6 Å². The summed E-state index contributed by atoms with van der Waals surface area (Å²) in [6, 6.07) is 10.4. The van der Waals surface area contributed by atoms with Gasteiger partial charge >= 0.3 is 0 Å². The van der Waals surface area contributed by atoms with Crippen LogP contribution in [-0.2, 0) is 4.74 Å². The van der Waals surface area contributed by atoms with E-state index in [4.69, 9.17) is 16.3 Å². The van der Waals surface area contributed by atoms with E-state index in [9.17, 15) is 0 Å². The highest BCUT2D eigenvalue weighted by atomic mass is 35.5. The zero-order chi connectivity index (χ0) is 11.1. The number of benzene rings is 1. The minimum absolute atomic E-state index is 0.200. The number of alkyl halides is 1. The summed E-state index contributed by atoms with van der Waals surface area (Å²) in [6.45, 7) is 2.84. The summed E-state index contributed by atoms with van der Waals surface area (Å²) in [6.07, 6.45) is 0.208. The van der Waals surface area contributed by atoms with Gasteiger partial charge in [0, 0.05) is 25.6 Å². The molecule has 0 radical (unpaired) electrons. The molecule has 0 aliphatic heterocycles. The second-order valence-corrected chi connectivity index (χ2v) is 3.88. The lowest BCUT2D eigenvalue weighted by molar-refractivity contribution is 0.115. The fraction of sp³-hybridized carbons (Fsp3) is 0.500. The fourth-order valence-corrected chi connectivity index (χ4v) is 1.63. The van der Waals surface area contributed by atoms with E-state index in [0.29, 0.717) is 5.88 Å². The van der Waals surface area contributed by atoms with Crippen molar-refractivity contribution in [1.82, 2.24) is 5.32 Å². The highest BCUT2D eigenvalue weighted by Gasteiger charge is 2.10. The van der Waals surface area contributed by atoms with Gasteiger partial charge in [-0.1, -0.05) is 30.3 Å². The molecule has 84 valence electrons. The van der Waals surface area contributed by atoms with Gasteiger partial charge in [0.05, 0.1) is 6.10 Å². The lowest BCUT2D eigenvalue weighted by atomic mass is 10.1. The number of rotatable bonds is 6. The lowest BCUT2D eigenvalue weighted by Crippen LogP contribution is -2.30. The van der Waals surface area contributed by atoms with Gasteiger partial charge in [-0.3, -0.25) is 0 Å². The normalized spacial score (nSPS) is 14.9. The van der Waals surface area contributed by atoms with E-state index in [1.54, 1.807) is 7.11 Å². The number of hydrogen-bond donors (Lipinski definition) is 1. The smallest absolute Gasteiger partial charge is 0.0667 e. The van der Waals surface area contributed by atoms with Crippen LogP contribution >= 0.6 is 11.6 Å². The van der Waals surface area contributed by atoms with Gasteiger partial charge in [-0.2, -0.15) is 0 Å². The molecule has 0 saturated carbocycles. The average Bonchev–Trinajstić information content (AvgIpc) is 2.31. The highest BCUT2D eigenvalue weighted by Crippen LogP contribution is 2.13. The SMILES string of the molecule is COC(C)CNC(CCl)c1ccccc1. The van der Waals surface area contributed by atoms with E-state index in [-0.39, 0.29) is 12.1 Å². The molecule has 1 aromatic rings. The summed E-state index contributed by atoms with van der Waals surface area (Å²) < 4.78 is 5.18. The molecule has 0 aromatic heterocycles. The molecule has 0 aliphatic rings. The molecule has 0 spiro atoms. The Bertz CT molecular complexity index is 266. The molecule has 3 heteroatoms. The Morgan fingerprint density at radius 1 is 1.33 bits per heavy atom. The van der Waals surface area contributed by atoms with Crippen molar-refractivity contribution in [3.8, 4) is 0 Å². The van der Waals surface area contributed by atoms with E-state index in [0.717, 1.165) is 6.54 Å². The van der Waals surface area contributed by atoms with Crippen LogP contribution in [0.2, 0.25) is 0 Å². The zero-order valence-corrected chi connectivity index (χ0v) is 10.00. The first-order valence-corrected chi connectivity index (χ1v) is 5.68. The molecule has 1 N–H and O–H groups in total. The monoisotopic (exact) mass is 227 g/mol. The van der Waals surface area contributed by atoms with Crippen LogP contribution in [0.15, 0.2) is 30.3 Å². The van der Waals surface area contributed by atoms with E-state index in [2.05, 4.69) is 17.4 Å². The third kappa shape index (κ3) is 4.20. The number of methoxy groups -OCH3 is 1. The molecular weight excluding hydrogens is 210 g/mol. The van der Waals surface area contributed by atoms with Gasteiger partial charge in [0.25, 0.3) is 0 Å². The first-order chi connectivity index (χ1) is 7.27. The van der Waals surface area contributed by atoms with Gasteiger partial charge in [-0.25, -0.2) is 0 Å². The summed E-state index contributed by atoms with van der Waals surface area (Å²) in [5, 5.41) is 3.38. The van der Waals surface area contributed by atoms with Crippen LogP contribution in [0.25, 0.3) is 0 Å². The first-order valence-electron chi connectivity index (χ1n) is 5.15. The van der Waals surface area contributed by atoms with E-state index >= 15 is 0 Å². The third-order valence-corrected chi connectivity index (χ3v) is 2.72. The number of nitrogens with one attached hydrogen (secondary N) is 1. The van der Waals surface area contributed by atoms with Gasteiger partial charge in [0.15, 0.2) is 0 Å². The topological polar surface area (TPSA) is 21.3 Å². The average molecular weight is 228 g/mol. The Kier molecular flexibility index (Phi) is 5.69. The molecule has 0 aliphatic carbocycles. The molecule has 0 fully saturated rings. The Morgan fingerprint density at radius 2 is 2.00 bits per heavy atom. The van der Waals surface area contributed by atoms with E-state index < -0.39 is 0 Å². The molecule has 0 saturated heterocycles. The highest BCUT2D eigenvalue weighted by molar-refractivity contribution is 6.18. The van der Waals surface area contributed by atoms with Crippen LogP contribution in [0.5, 0.6) is 0 Å². The minimum Gasteiger partial charge on any atom is -0.380 e.